The molecule has 134 valence electrons. The molecule has 1 amide bonds. The molecule has 2 aliphatic carbocycles. The maximum Gasteiger partial charge on any atom is 0.243 e. The first-order chi connectivity index (χ1) is 12.8. The summed E-state index contributed by atoms with van der Waals surface area (Å²) in [4.78, 5) is 14.7. The average Bonchev–Trinajstić information content (AvgIpc) is 2.83. The van der Waals surface area contributed by atoms with Crippen molar-refractivity contribution < 1.29 is 4.79 Å². The standard InChI is InChI=1S/C22H25N3O/c26-22-20-7-2-1-6-19(20)21(23-24-22)17-9-8-15-10-12-25(18-4-3-5-18)13-11-16(15)14-17/h3-5,8-9,14,19-20H,1-2,6-7,10-13H2,(H,24,26). The summed E-state index contributed by atoms with van der Waals surface area (Å²) in [5.41, 5.74) is 9.36. The Kier molecular flexibility index (Phi) is 3.92. The van der Waals surface area contributed by atoms with Gasteiger partial charge in [0.2, 0.25) is 5.91 Å². The zero-order valence-corrected chi connectivity index (χ0v) is 15.1. The number of hydrogen-bond donors (Lipinski definition) is 1. The van der Waals surface area contributed by atoms with E-state index in [1.54, 1.807) is 0 Å². The van der Waals surface area contributed by atoms with Crippen molar-refractivity contribution in [3.8, 4) is 0 Å². The number of nitrogens with zero attached hydrogens (tertiary/aromatic N) is 2. The fourth-order valence-electron chi connectivity index (χ4n) is 4.87. The van der Waals surface area contributed by atoms with Gasteiger partial charge >= 0.3 is 0 Å². The summed E-state index contributed by atoms with van der Waals surface area (Å²) in [5.74, 6) is 0.525. The molecule has 1 N–H and O–H groups in total. The van der Waals surface area contributed by atoms with Crippen LogP contribution >= 0.6 is 0 Å². The highest BCUT2D eigenvalue weighted by Crippen LogP contribution is 2.35. The van der Waals surface area contributed by atoms with Gasteiger partial charge in [0, 0.05) is 30.6 Å². The Hall–Kier alpha value is -2.36. The zero-order chi connectivity index (χ0) is 17.5. The van der Waals surface area contributed by atoms with Gasteiger partial charge in [-0.05, 0) is 60.6 Å². The van der Waals surface area contributed by atoms with Crippen LogP contribution < -0.4 is 5.43 Å². The predicted octanol–water partition coefficient (Wildman–Crippen LogP) is 3.18. The summed E-state index contributed by atoms with van der Waals surface area (Å²) in [6.07, 6.45) is 13.1. The average molecular weight is 347 g/mol. The lowest BCUT2D eigenvalue weighted by molar-refractivity contribution is -0.127. The molecule has 4 aliphatic rings. The number of rotatable bonds is 2. The van der Waals surface area contributed by atoms with Crippen LogP contribution in [-0.4, -0.2) is 29.6 Å². The Morgan fingerprint density at radius 3 is 2.58 bits per heavy atom. The second kappa shape index (κ2) is 6.42. The first-order valence-corrected chi connectivity index (χ1v) is 9.92. The van der Waals surface area contributed by atoms with E-state index >= 15 is 0 Å². The number of fused-ring (bicyclic) bond motifs is 2. The minimum Gasteiger partial charge on any atom is -0.371 e. The Morgan fingerprint density at radius 1 is 1.04 bits per heavy atom. The first kappa shape index (κ1) is 15.9. The van der Waals surface area contributed by atoms with Crippen molar-refractivity contribution >= 4 is 11.6 Å². The van der Waals surface area contributed by atoms with E-state index in [0.29, 0.717) is 5.92 Å². The van der Waals surface area contributed by atoms with Gasteiger partial charge in [-0.25, -0.2) is 5.43 Å². The summed E-state index contributed by atoms with van der Waals surface area (Å²) in [7, 11) is 0. The number of nitrogens with one attached hydrogen (secondary N) is 1. The lowest BCUT2D eigenvalue weighted by Crippen LogP contribution is -2.43. The van der Waals surface area contributed by atoms with E-state index in [1.807, 2.05) is 0 Å². The number of hydrazone groups is 1. The summed E-state index contributed by atoms with van der Waals surface area (Å²) < 4.78 is 0. The van der Waals surface area contributed by atoms with Crippen LogP contribution in [-0.2, 0) is 17.6 Å². The quantitative estimate of drug-likeness (QED) is 0.893. The van der Waals surface area contributed by atoms with Crippen molar-refractivity contribution in [1.82, 2.24) is 10.3 Å². The van der Waals surface area contributed by atoms with E-state index in [1.165, 1.54) is 28.8 Å². The van der Waals surface area contributed by atoms with Gasteiger partial charge in [0.05, 0.1) is 5.71 Å². The van der Waals surface area contributed by atoms with Gasteiger partial charge < -0.3 is 4.90 Å². The zero-order valence-electron chi connectivity index (χ0n) is 15.1. The molecule has 2 unspecified atom stereocenters. The fourth-order valence-corrected chi connectivity index (χ4v) is 4.87. The van der Waals surface area contributed by atoms with Crippen LogP contribution in [0.15, 0.2) is 47.2 Å². The smallest absolute Gasteiger partial charge is 0.243 e. The molecule has 4 nitrogen and oxygen atoms in total. The predicted molar refractivity (Wildman–Crippen MR) is 103 cm³/mol. The third-order valence-corrected chi connectivity index (χ3v) is 6.44. The van der Waals surface area contributed by atoms with Crippen molar-refractivity contribution in [1.29, 1.82) is 0 Å². The molecule has 4 heteroatoms. The normalized spacial score (nSPS) is 27.4. The summed E-state index contributed by atoms with van der Waals surface area (Å²) in [5, 5.41) is 4.49. The molecule has 5 rings (SSSR count). The lowest BCUT2D eigenvalue weighted by atomic mass is 9.73. The minimum atomic E-state index is 0.114. The molecule has 1 aromatic carbocycles. The molecule has 0 bridgehead atoms. The maximum absolute atomic E-state index is 12.2. The Morgan fingerprint density at radius 2 is 1.81 bits per heavy atom. The lowest BCUT2D eigenvalue weighted by Gasteiger charge is -2.34. The van der Waals surface area contributed by atoms with Crippen LogP contribution in [0.4, 0.5) is 0 Å². The van der Waals surface area contributed by atoms with Crippen LogP contribution in [0.25, 0.3) is 0 Å². The fraction of sp³-hybridized carbons (Fsp3) is 0.455. The van der Waals surface area contributed by atoms with Gasteiger partial charge in [-0.2, -0.15) is 5.10 Å². The Bertz CT molecular complexity index is 836. The van der Waals surface area contributed by atoms with Crippen LogP contribution in [0.3, 0.4) is 0 Å². The van der Waals surface area contributed by atoms with Crippen LogP contribution in [0.1, 0.15) is 42.4 Å². The largest absolute Gasteiger partial charge is 0.371 e. The van der Waals surface area contributed by atoms with Gasteiger partial charge in [0.1, 0.15) is 0 Å². The van der Waals surface area contributed by atoms with Crippen molar-refractivity contribution in [3.05, 3.63) is 58.8 Å². The van der Waals surface area contributed by atoms with E-state index in [9.17, 15) is 4.79 Å². The minimum absolute atomic E-state index is 0.114. The summed E-state index contributed by atoms with van der Waals surface area (Å²) in [6, 6.07) is 6.85. The summed E-state index contributed by atoms with van der Waals surface area (Å²) >= 11 is 0. The molecule has 2 atom stereocenters. The van der Waals surface area contributed by atoms with Gasteiger partial charge in [0.15, 0.2) is 0 Å². The second-order valence-corrected chi connectivity index (χ2v) is 7.89. The van der Waals surface area contributed by atoms with E-state index in [4.69, 9.17) is 0 Å². The molecule has 1 aromatic rings. The molecule has 1 fully saturated rings. The third-order valence-electron chi connectivity index (χ3n) is 6.44. The molecule has 0 radical (unpaired) electrons. The summed E-state index contributed by atoms with van der Waals surface area (Å²) in [6.45, 7) is 2.16. The van der Waals surface area contributed by atoms with E-state index in [2.05, 4.69) is 51.9 Å². The van der Waals surface area contributed by atoms with E-state index < -0.39 is 0 Å². The van der Waals surface area contributed by atoms with Crippen LogP contribution in [0.5, 0.6) is 0 Å². The van der Waals surface area contributed by atoms with Crippen molar-refractivity contribution in [2.75, 3.05) is 13.1 Å². The van der Waals surface area contributed by atoms with Crippen LogP contribution in [0.2, 0.25) is 0 Å². The van der Waals surface area contributed by atoms with Gasteiger partial charge in [0.25, 0.3) is 0 Å². The Balaban J connectivity index is 1.41. The number of carbonyl (C=O) groups is 1. The van der Waals surface area contributed by atoms with Gasteiger partial charge in [-0.1, -0.05) is 31.1 Å². The first-order valence-electron chi connectivity index (χ1n) is 9.92. The van der Waals surface area contributed by atoms with Gasteiger partial charge in [-0.3, -0.25) is 4.79 Å². The van der Waals surface area contributed by atoms with E-state index in [0.717, 1.165) is 50.9 Å². The highest BCUT2D eigenvalue weighted by Gasteiger charge is 2.37. The number of allylic oxidation sites excluding steroid dienone is 3. The molecule has 2 aliphatic heterocycles. The highest BCUT2D eigenvalue weighted by molar-refractivity contribution is 6.06. The number of amides is 1. The van der Waals surface area contributed by atoms with Crippen LogP contribution in [0, 0.1) is 11.8 Å². The van der Waals surface area contributed by atoms with Crippen molar-refractivity contribution in [2.45, 2.75) is 38.5 Å². The molecule has 0 spiro atoms. The number of benzene rings is 1. The highest BCUT2D eigenvalue weighted by atomic mass is 16.2. The SMILES string of the molecule is O=C1NN=C(c2ccc3c(c2)CCN(C2=CC=C2)CC3)C2CCCCC12. The molecular formula is C22H25N3O. The number of carbonyl (C=O) groups excluding carboxylic acids is 1. The monoisotopic (exact) mass is 347 g/mol. The molecule has 1 saturated carbocycles. The van der Waals surface area contributed by atoms with E-state index in [-0.39, 0.29) is 11.8 Å². The molecular weight excluding hydrogens is 322 g/mol. The molecule has 0 aromatic heterocycles. The topological polar surface area (TPSA) is 44.7 Å². The molecule has 26 heavy (non-hydrogen) atoms. The third kappa shape index (κ3) is 2.68. The van der Waals surface area contributed by atoms with Crippen molar-refractivity contribution in [3.63, 3.8) is 0 Å². The Labute approximate surface area is 154 Å². The van der Waals surface area contributed by atoms with Gasteiger partial charge in [-0.15, -0.1) is 0 Å². The second-order valence-electron chi connectivity index (χ2n) is 7.89. The van der Waals surface area contributed by atoms with Crippen molar-refractivity contribution in [2.24, 2.45) is 16.9 Å². The molecule has 0 saturated heterocycles. The number of hydrogen-bond acceptors (Lipinski definition) is 3. The molecule has 2 heterocycles. The maximum atomic E-state index is 12.2.